The number of carbonyl (C=O) groups is 1. The van der Waals surface area contributed by atoms with Crippen molar-refractivity contribution in [3.05, 3.63) is 35.4 Å². The van der Waals surface area contributed by atoms with Crippen molar-refractivity contribution in [1.29, 1.82) is 0 Å². The van der Waals surface area contributed by atoms with E-state index in [1.165, 1.54) is 0 Å². The largest absolute Gasteiger partial charge is 0.337 e. The Morgan fingerprint density at radius 1 is 1.33 bits per heavy atom. The van der Waals surface area contributed by atoms with Crippen molar-refractivity contribution >= 4 is 5.91 Å². The van der Waals surface area contributed by atoms with Gasteiger partial charge in [-0.25, -0.2) is 0 Å². The minimum Gasteiger partial charge on any atom is -0.337 e. The normalized spacial score (nSPS) is 22.0. The van der Waals surface area contributed by atoms with E-state index in [1.807, 2.05) is 30.1 Å². The zero-order valence-electron chi connectivity index (χ0n) is 13.6. The fourth-order valence-electron chi connectivity index (χ4n) is 3.16. The van der Waals surface area contributed by atoms with Crippen LogP contribution in [0.4, 0.5) is 0 Å². The first kappa shape index (κ1) is 16.0. The van der Waals surface area contributed by atoms with Gasteiger partial charge >= 0.3 is 0 Å². The van der Waals surface area contributed by atoms with Crippen LogP contribution in [-0.2, 0) is 6.42 Å². The van der Waals surface area contributed by atoms with Crippen molar-refractivity contribution in [3.8, 4) is 0 Å². The Morgan fingerprint density at radius 2 is 2.05 bits per heavy atom. The lowest BCUT2D eigenvalue weighted by Gasteiger charge is -2.22. The van der Waals surface area contributed by atoms with Crippen LogP contribution in [0, 0.1) is 5.92 Å². The molecule has 2 unspecified atom stereocenters. The summed E-state index contributed by atoms with van der Waals surface area (Å²) in [6.07, 6.45) is 0.888. The maximum atomic E-state index is 12.8. The zero-order valence-corrected chi connectivity index (χ0v) is 13.6. The predicted molar refractivity (Wildman–Crippen MR) is 86.6 cm³/mol. The predicted octanol–water partition coefficient (Wildman–Crippen LogP) is 1.47. The van der Waals surface area contributed by atoms with Crippen LogP contribution in [0.15, 0.2) is 24.3 Å². The number of rotatable bonds is 5. The van der Waals surface area contributed by atoms with Crippen LogP contribution in [-0.4, -0.2) is 62.5 Å². The summed E-state index contributed by atoms with van der Waals surface area (Å²) in [5.74, 6) is 0.700. The lowest BCUT2D eigenvalue weighted by atomic mass is 10.0. The summed E-state index contributed by atoms with van der Waals surface area (Å²) in [5.41, 5.74) is 2.00. The average molecular weight is 289 g/mol. The van der Waals surface area contributed by atoms with E-state index in [0.29, 0.717) is 12.0 Å². The monoisotopic (exact) mass is 289 g/mol. The van der Waals surface area contributed by atoms with Gasteiger partial charge in [0.05, 0.1) is 0 Å². The second-order valence-corrected chi connectivity index (χ2v) is 6.23. The average Bonchev–Trinajstić information content (AvgIpc) is 2.87. The van der Waals surface area contributed by atoms with E-state index in [0.717, 1.165) is 37.2 Å². The molecule has 1 amide bonds. The van der Waals surface area contributed by atoms with Gasteiger partial charge in [0, 0.05) is 24.7 Å². The maximum absolute atomic E-state index is 12.8. The summed E-state index contributed by atoms with van der Waals surface area (Å²) in [6.45, 7) is 4.79. The van der Waals surface area contributed by atoms with E-state index in [9.17, 15) is 4.79 Å². The maximum Gasteiger partial charge on any atom is 0.254 e. The molecule has 1 aromatic rings. The van der Waals surface area contributed by atoms with Gasteiger partial charge in [-0.1, -0.05) is 25.1 Å². The Balaban J connectivity index is 2.14. The zero-order chi connectivity index (χ0) is 15.4. The summed E-state index contributed by atoms with van der Waals surface area (Å²) < 4.78 is 0. The van der Waals surface area contributed by atoms with E-state index in [2.05, 4.69) is 37.3 Å². The molecule has 1 aliphatic heterocycles. The van der Waals surface area contributed by atoms with Crippen molar-refractivity contribution in [2.75, 3.05) is 40.8 Å². The first-order valence-electron chi connectivity index (χ1n) is 7.72. The number of likely N-dealkylation sites (tertiary alicyclic amines) is 1. The minimum absolute atomic E-state index is 0.179. The molecule has 2 rings (SSSR count). The van der Waals surface area contributed by atoms with Gasteiger partial charge in [0.1, 0.15) is 0 Å². The Labute approximate surface area is 128 Å². The number of carbonyl (C=O) groups excluding carboxylic acids is 1. The quantitative estimate of drug-likeness (QED) is 0.891. The van der Waals surface area contributed by atoms with Crippen molar-refractivity contribution in [1.82, 2.24) is 15.1 Å². The lowest BCUT2D eigenvalue weighted by molar-refractivity contribution is 0.0780. The standard InChI is InChI=1S/C17H27N3O/c1-13-11-20(12-16(13)19(3)4)17(21)15-8-6-5-7-14(15)9-10-18-2/h5-8,13,16,18H,9-12H2,1-4H3. The first-order valence-corrected chi connectivity index (χ1v) is 7.72. The molecular formula is C17H27N3O. The number of nitrogens with zero attached hydrogens (tertiary/aromatic N) is 2. The Kier molecular flexibility index (Phi) is 5.37. The molecular weight excluding hydrogens is 262 g/mol. The molecule has 1 fully saturated rings. The van der Waals surface area contributed by atoms with E-state index >= 15 is 0 Å². The van der Waals surface area contributed by atoms with Crippen LogP contribution < -0.4 is 5.32 Å². The Morgan fingerprint density at radius 3 is 2.67 bits per heavy atom. The highest BCUT2D eigenvalue weighted by Crippen LogP contribution is 2.23. The Bertz CT molecular complexity index is 487. The van der Waals surface area contributed by atoms with Crippen LogP contribution in [0.3, 0.4) is 0 Å². The first-order chi connectivity index (χ1) is 10.0. The molecule has 1 aliphatic rings. The third-order valence-electron chi connectivity index (χ3n) is 4.42. The molecule has 0 bridgehead atoms. The van der Waals surface area contributed by atoms with Gasteiger partial charge < -0.3 is 15.1 Å². The highest BCUT2D eigenvalue weighted by molar-refractivity contribution is 5.96. The molecule has 1 saturated heterocycles. The highest BCUT2D eigenvalue weighted by atomic mass is 16.2. The summed E-state index contributed by atoms with van der Waals surface area (Å²) in [4.78, 5) is 17.1. The number of hydrogen-bond acceptors (Lipinski definition) is 3. The molecule has 116 valence electrons. The van der Waals surface area contributed by atoms with Crippen molar-refractivity contribution in [3.63, 3.8) is 0 Å². The molecule has 0 aliphatic carbocycles. The smallest absolute Gasteiger partial charge is 0.254 e. The number of benzene rings is 1. The minimum atomic E-state index is 0.179. The SMILES string of the molecule is CNCCc1ccccc1C(=O)N1CC(C)C(N(C)C)C1. The van der Waals surface area contributed by atoms with Crippen LogP contribution in [0.1, 0.15) is 22.8 Å². The van der Waals surface area contributed by atoms with Crippen LogP contribution >= 0.6 is 0 Å². The van der Waals surface area contributed by atoms with E-state index in [1.54, 1.807) is 0 Å². The second kappa shape index (κ2) is 7.05. The van der Waals surface area contributed by atoms with Gasteiger partial charge in [-0.15, -0.1) is 0 Å². The van der Waals surface area contributed by atoms with Crippen LogP contribution in [0.2, 0.25) is 0 Å². The molecule has 0 radical (unpaired) electrons. The van der Waals surface area contributed by atoms with Gasteiger partial charge in [0.25, 0.3) is 5.91 Å². The number of likely N-dealkylation sites (N-methyl/N-ethyl adjacent to an activating group) is 2. The molecule has 0 saturated carbocycles. The molecule has 1 aromatic carbocycles. The van der Waals surface area contributed by atoms with E-state index < -0.39 is 0 Å². The summed E-state index contributed by atoms with van der Waals surface area (Å²) in [7, 11) is 6.13. The summed E-state index contributed by atoms with van der Waals surface area (Å²) in [6, 6.07) is 8.45. The third kappa shape index (κ3) is 3.63. The molecule has 4 nitrogen and oxygen atoms in total. The number of hydrogen-bond donors (Lipinski definition) is 1. The van der Waals surface area contributed by atoms with Crippen molar-refractivity contribution in [2.45, 2.75) is 19.4 Å². The second-order valence-electron chi connectivity index (χ2n) is 6.23. The van der Waals surface area contributed by atoms with Gasteiger partial charge in [0.15, 0.2) is 0 Å². The summed E-state index contributed by atoms with van der Waals surface area (Å²) in [5, 5.41) is 3.15. The Hall–Kier alpha value is -1.39. The molecule has 4 heteroatoms. The lowest BCUT2D eigenvalue weighted by Crippen LogP contribution is -2.36. The van der Waals surface area contributed by atoms with Crippen molar-refractivity contribution in [2.24, 2.45) is 5.92 Å². The van der Waals surface area contributed by atoms with E-state index in [-0.39, 0.29) is 5.91 Å². The van der Waals surface area contributed by atoms with E-state index in [4.69, 9.17) is 0 Å². The van der Waals surface area contributed by atoms with Crippen LogP contribution in [0.5, 0.6) is 0 Å². The van der Waals surface area contributed by atoms with Gasteiger partial charge in [-0.3, -0.25) is 4.79 Å². The third-order valence-corrected chi connectivity index (χ3v) is 4.42. The van der Waals surface area contributed by atoms with Gasteiger partial charge in [-0.2, -0.15) is 0 Å². The van der Waals surface area contributed by atoms with Gasteiger partial charge in [-0.05, 0) is 51.7 Å². The molecule has 0 spiro atoms. The fraction of sp³-hybridized carbons (Fsp3) is 0.588. The fourth-order valence-corrected chi connectivity index (χ4v) is 3.16. The number of nitrogens with one attached hydrogen (secondary N) is 1. The number of amides is 1. The topological polar surface area (TPSA) is 35.6 Å². The summed E-state index contributed by atoms with van der Waals surface area (Å²) >= 11 is 0. The molecule has 21 heavy (non-hydrogen) atoms. The molecule has 2 atom stereocenters. The molecule has 1 heterocycles. The van der Waals surface area contributed by atoms with Crippen LogP contribution in [0.25, 0.3) is 0 Å². The van der Waals surface area contributed by atoms with Gasteiger partial charge in [0.2, 0.25) is 0 Å². The molecule has 0 aromatic heterocycles. The molecule has 1 N–H and O–H groups in total. The van der Waals surface area contributed by atoms with Crippen molar-refractivity contribution < 1.29 is 4.79 Å². The highest BCUT2D eigenvalue weighted by Gasteiger charge is 2.34.